The van der Waals surface area contributed by atoms with Crippen molar-refractivity contribution in [3.63, 3.8) is 0 Å². The Morgan fingerprint density at radius 2 is 1.94 bits per heavy atom. The minimum atomic E-state index is 0.0802. The molecule has 0 aliphatic rings. The Labute approximate surface area is 113 Å². The summed E-state index contributed by atoms with van der Waals surface area (Å²) in [5, 5.41) is 8.98. The lowest BCUT2D eigenvalue weighted by Crippen LogP contribution is -2.37. The van der Waals surface area contributed by atoms with Gasteiger partial charge in [-0.25, -0.2) is 0 Å². The Morgan fingerprint density at radius 1 is 1.33 bits per heavy atom. The third-order valence-electron chi connectivity index (χ3n) is 2.88. The number of hydrogen-bond acceptors (Lipinski definition) is 4. The molecule has 18 heavy (non-hydrogen) atoms. The average molecular weight is 267 g/mol. The van der Waals surface area contributed by atoms with Gasteiger partial charge < -0.3 is 5.11 Å². The van der Waals surface area contributed by atoms with Gasteiger partial charge in [-0.1, -0.05) is 12.1 Å². The number of ketones is 1. The van der Waals surface area contributed by atoms with Crippen LogP contribution in [0.4, 0.5) is 0 Å². The summed E-state index contributed by atoms with van der Waals surface area (Å²) >= 11 is 1.66. The first kappa shape index (κ1) is 15.2. The molecule has 0 unspecified atom stereocenters. The number of aliphatic hydroxyl groups is 1. The number of rotatable bonds is 7. The number of nitrogens with zero attached hydrogens (tertiary/aromatic N) is 1. The lowest BCUT2D eigenvalue weighted by molar-refractivity contribution is 0.0881. The van der Waals surface area contributed by atoms with Gasteiger partial charge >= 0.3 is 0 Å². The number of thioether (sulfide) groups is 1. The maximum Gasteiger partial charge on any atom is 0.176 e. The van der Waals surface area contributed by atoms with E-state index >= 15 is 0 Å². The molecule has 0 amide bonds. The molecule has 0 aliphatic carbocycles. The summed E-state index contributed by atoms with van der Waals surface area (Å²) < 4.78 is 0. The van der Waals surface area contributed by atoms with Gasteiger partial charge in [-0.05, 0) is 32.2 Å². The molecule has 0 saturated carbocycles. The molecule has 0 bridgehead atoms. The predicted octanol–water partition coefficient (Wildman–Crippen LogP) is 2.29. The van der Waals surface area contributed by atoms with E-state index in [1.165, 1.54) is 0 Å². The zero-order chi connectivity index (χ0) is 13.5. The third kappa shape index (κ3) is 4.44. The minimum absolute atomic E-state index is 0.0802. The van der Waals surface area contributed by atoms with Crippen LogP contribution in [0.3, 0.4) is 0 Å². The van der Waals surface area contributed by atoms with Crippen LogP contribution in [0.2, 0.25) is 0 Å². The molecule has 1 rings (SSSR count). The van der Waals surface area contributed by atoms with Gasteiger partial charge in [-0.15, -0.1) is 11.8 Å². The Bertz CT molecular complexity index is 376. The summed E-state index contributed by atoms with van der Waals surface area (Å²) in [6, 6.07) is 7.91. The summed E-state index contributed by atoms with van der Waals surface area (Å²) in [4.78, 5) is 15.2. The van der Waals surface area contributed by atoms with E-state index in [0.29, 0.717) is 13.1 Å². The molecule has 0 atom stereocenters. The first-order valence-corrected chi connectivity index (χ1v) is 7.33. The van der Waals surface area contributed by atoms with E-state index in [-0.39, 0.29) is 18.4 Å². The summed E-state index contributed by atoms with van der Waals surface area (Å²) in [5.74, 6) is 0.102. The van der Waals surface area contributed by atoms with Crippen molar-refractivity contribution in [1.82, 2.24) is 4.90 Å². The minimum Gasteiger partial charge on any atom is -0.395 e. The number of carbonyl (C=O) groups is 1. The van der Waals surface area contributed by atoms with E-state index in [4.69, 9.17) is 5.11 Å². The van der Waals surface area contributed by atoms with Crippen molar-refractivity contribution < 1.29 is 9.90 Å². The quantitative estimate of drug-likeness (QED) is 0.608. The molecule has 1 aromatic rings. The summed E-state index contributed by atoms with van der Waals surface area (Å²) in [5.41, 5.74) is 0.733. The molecule has 0 heterocycles. The molecule has 3 nitrogen and oxygen atoms in total. The predicted molar refractivity (Wildman–Crippen MR) is 76.3 cm³/mol. The second-order valence-electron chi connectivity index (χ2n) is 4.44. The van der Waals surface area contributed by atoms with Crippen LogP contribution in [0, 0.1) is 0 Å². The number of aliphatic hydroxyl groups excluding tert-OH is 1. The first-order chi connectivity index (χ1) is 8.58. The highest BCUT2D eigenvalue weighted by atomic mass is 32.2. The number of Topliss-reactive ketones (excluding diaryl/α,β-unsaturated/α-hetero) is 1. The van der Waals surface area contributed by atoms with Crippen LogP contribution in [-0.4, -0.2) is 47.8 Å². The number of carbonyl (C=O) groups excluding carboxylic acids is 1. The van der Waals surface area contributed by atoms with Gasteiger partial charge in [-0.2, -0.15) is 0 Å². The van der Waals surface area contributed by atoms with Crippen LogP contribution in [0.5, 0.6) is 0 Å². The van der Waals surface area contributed by atoms with Crippen molar-refractivity contribution in [2.24, 2.45) is 0 Å². The van der Waals surface area contributed by atoms with Crippen LogP contribution in [0.1, 0.15) is 24.2 Å². The molecule has 0 radical (unpaired) electrons. The van der Waals surface area contributed by atoms with E-state index in [2.05, 4.69) is 0 Å². The van der Waals surface area contributed by atoms with Gasteiger partial charge in [0.15, 0.2) is 5.78 Å². The van der Waals surface area contributed by atoms with Gasteiger partial charge in [-0.3, -0.25) is 9.69 Å². The molecule has 1 aromatic carbocycles. The molecular formula is C14H21NO2S. The van der Waals surface area contributed by atoms with Gasteiger partial charge in [0.2, 0.25) is 0 Å². The van der Waals surface area contributed by atoms with E-state index in [1.807, 2.05) is 49.3 Å². The van der Waals surface area contributed by atoms with Crippen molar-refractivity contribution in [3.8, 4) is 0 Å². The molecule has 0 saturated heterocycles. The van der Waals surface area contributed by atoms with E-state index in [1.54, 1.807) is 11.8 Å². The molecule has 4 heteroatoms. The molecule has 0 aromatic heterocycles. The van der Waals surface area contributed by atoms with Crippen molar-refractivity contribution in [2.45, 2.75) is 24.8 Å². The van der Waals surface area contributed by atoms with Crippen LogP contribution < -0.4 is 0 Å². The Hall–Kier alpha value is -0.840. The number of hydrogen-bond donors (Lipinski definition) is 1. The third-order valence-corrected chi connectivity index (χ3v) is 3.62. The Morgan fingerprint density at radius 3 is 2.39 bits per heavy atom. The summed E-state index contributed by atoms with van der Waals surface area (Å²) in [6.07, 6.45) is 2.01. The summed E-state index contributed by atoms with van der Waals surface area (Å²) in [7, 11) is 0. The maximum absolute atomic E-state index is 12.1. The number of benzene rings is 1. The molecule has 100 valence electrons. The van der Waals surface area contributed by atoms with Crippen molar-refractivity contribution in [3.05, 3.63) is 29.8 Å². The smallest absolute Gasteiger partial charge is 0.176 e. The molecular weight excluding hydrogens is 246 g/mol. The van der Waals surface area contributed by atoms with E-state index < -0.39 is 0 Å². The zero-order valence-electron chi connectivity index (χ0n) is 11.2. The van der Waals surface area contributed by atoms with E-state index in [9.17, 15) is 4.79 Å². The highest BCUT2D eigenvalue weighted by Crippen LogP contribution is 2.15. The second kappa shape index (κ2) is 7.56. The molecule has 0 fully saturated rings. The highest BCUT2D eigenvalue weighted by molar-refractivity contribution is 7.98. The molecule has 1 N–H and O–H groups in total. The van der Waals surface area contributed by atoms with Crippen molar-refractivity contribution in [1.29, 1.82) is 0 Å². The van der Waals surface area contributed by atoms with Crippen LogP contribution in [-0.2, 0) is 0 Å². The topological polar surface area (TPSA) is 40.5 Å². The SMILES string of the molecule is CSc1ccc(C(=O)CN(CCO)C(C)C)cc1. The fourth-order valence-electron chi connectivity index (χ4n) is 1.70. The lowest BCUT2D eigenvalue weighted by atomic mass is 10.1. The Kier molecular flexibility index (Phi) is 6.39. The largest absolute Gasteiger partial charge is 0.395 e. The van der Waals surface area contributed by atoms with Crippen LogP contribution >= 0.6 is 11.8 Å². The fourth-order valence-corrected chi connectivity index (χ4v) is 2.11. The highest BCUT2D eigenvalue weighted by Gasteiger charge is 2.14. The standard InChI is InChI=1S/C14H21NO2S/c1-11(2)15(8-9-16)10-14(17)12-4-6-13(18-3)7-5-12/h4-7,11,16H,8-10H2,1-3H3. The van der Waals surface area contributed by atoms with Crippen molar-refractivity contribution in [2.75, 3.05) is 26.0 Å². The monoisotopic (exact) mass is 267 g/mol. The average Bonchev–Trinajstić information content (AvgIpc) is 2.38. The lowest BCUT2D eigenvalue weighted by Gasteiger charge is -2.24. The normalized spacial score (nSPS) is 11.2. The Balaban J connectivity index is 2.67. The first-order valence-electron chi connectivity index (χ1n) is 6.10. The van der Waals surface area contributed by atoms with Gasteiger partial charge in [0.05, 0.1) is 13.2 Å². The van der Waals surface area contributed by atoms with Gasteiger partial charge in [0.25, 0.3) is 0 Å². The second-order valence-corrected chi connectivity index (χ2v) is 5.32. The van der Waals surface area contributed by atoms with Crippen LogP contribution in [0.15, 0.2) is 29.2 Å². The molecule has 0 spiro atoms. The maximum atomic E-state index is 12.1. The van der Waals surface area contributed by atoms with Gasteiger partial charge in [0, 0.05) is 23.0 Å². The van der Waals surface area contributed by atoms with E-state index in [0.717, 1.165) is 10.5 Å². The molecule has 0 aliphatic heterocycles. The fraction of sp³-hybridized carbons (Fsp3) is 0.500. The van der Waals surface area contributed by atoms with Crippen molar-refractivity contribution >= 4 is 17.5 Å². The summed E-state index contributed by atoms with van der Waals surface area (Å²) in [6.45, 7) is 5.03. The zero-order valence-corrected chi connectivity index (χ0v) is 12.0. The van der Waals surface area contributed by atoms with Crippen LogP contribution in [0.25, 0.3) is 0 Å². The van der Waals surface area contributed by atoms with Gasteiger partial charge in [0.1, 0.15) is 0 Å².